The molecule has 3 aliphatic heterocycles. The maximum absolute atomic E-state index is 6.23. The number of hydrogen-bond acceptors (Lipinski definition) is 5. The van der Waals surface area contributed by atoms with Crippen LogP contribution in [0.4, 0.5) is 5.69 Å². The largest absolute Gasteiger partial charge is 0.368 e. The first-order valence-corrected chi connectivity index (χ1v) is 13.0. The molecule has 34 heavy (non-hydrogen) atoms. The van der Waals surface area contributed by atoms with Crippen molar-refractivity contribution >= 4 is 17.4 Å². The van der Waals surface area contributed by atoms with Crippen LogP contribution in [0.1, 0.15) is 71.8 Å². The second-order valence-corrected chi connectivity index (χ2v) is 10.5. The van der Waals surface area contributed by atoms with Gasteiger partial charge >= 0.3 is 0 Å². The number of allylic oxidation sites excluding steroid dienone is 2. The molecular formula is C29H45N5. The van der Waals surface area contributed by atoms with Crippen molar-refractivity contribution in [3.05, 3.63) is 52.6 Å². The van der Waals surface area contributed by atoms with Crippen LogP contribution < -0.4 is 5.73 Å². The quantitative estimate of drug-likeness (QED) is 0.506. The zero-order valence-electron chi connectivity index (χ0n) is 22.1. The normalized spacial score (nSPS) is 27.4. The molecule has 1 fully saturated rings. The molecule has 1 saturated heterocycles. The highest BCUT2D eigenvalue weighted by Gasteiger charge is 2.19. The summed E-state index contributed by atoms with van der Waals surface area (Å²) >= 11 is 0. The van der Waals surface area contributed by atoms with Gasteiger partial charge in [0.05, 0.1) is 5.69 Å². The molecule has 186 valence electrons. The summed E-state index contributed by atoms with van der Waals surface area (Å²) in [7, 11) is 2.24. The number of guanidine groups is 1. The Kier molecular flexibility index (Phi) is 10.1. The van der Waals surface area contributed by atoms with Crippen molar-refractivity contribution in [2.75, 3.05) is 33.2 Å². The minimum Gasteiger partial charge on any atom is -0.368 e. The van der Waals surface area contributed by atoms with Crippen molar-refractivity contribution in [3.8, 4) is 0 Å². The van der Waals surface area contributed by atoms with Gasteiger partial charge in [0.15, 0.2) is 0 Å². The van der Waals surface area contributed by atoms with Gasteiger partial charge in [-0.2, -0.15) is 0 Å². The van der Waals surface area contributed by atoms with Gasteiger partial charge in [-0.15, -0.1) is 0 Å². The number of nitrogens with zero attached hydrogens (tertiary/aromatic N) is 4. The molecule has 1 aromatic carbocycles. The minimum atomic E-state index is 0.307. The van der Waals surface area contributed by atoms with E-state index >= 15 is 0 Å². The van der Waals surface area contributed by atoms with Gasteiger partial charge in [-0.25, -0.2) is 9.98 Å². The molecule has 0 amide bonds. The van der Waals surface area contributed by atoms with Gasteiger partial charge in [0.25, 0.3) is 0 Å². The van der Waals surface area contributed by atoms with Gasteiger partial charge in [-0.1, -0.05) is 43.0 Å². The van der Waals surface area contributed by atoms with E-state index in [9.17, 15) is 0 Å². The van der Waals surface area contributed by atoms with Crippen LogP contribution in [-0.2, 0) is 6.54 Å². The van der Waals surface area contributed by atoms with Crippen molar-refractivity contribution in [3.63, 3.8) is 0 Å². The smallest absolute Gasteiger partial charge is 0.220 e. The predicted molar refractivity (Wildman–Crippen MR) is 147 cm³/mol. The molecule has 3 heterocycles. The molecule has 3 aliphatic rings. The minimum absolute atomic E-state index is 0.307. The molecule has 0 unspecified atom stereocenters. The topological polar surface area (TPSA) is 57.2 Å². The Morgan fingerprint density at radius 1 is 0.941 bits per heavy atom. The van der Waals surface area contributed by atoms with Crippen LogP contribution in [-0.4, -0.2) is 54.7 Å². The fourth-order valence-electron chi connectivity index (χ4n) is 4.91. The third kappa shape index (κ3) is 8.52. The number of hydrogen-bond donors (Lipinski definition) is 1. The maximum Gasteiger partial charge on any atom is 0.220 e. The fraction of sp³-hybridized carbons (Fsp3) is 0.586. The molecule has 0 saturated carbocycles. The van der Waals surface area contributed by atoms with Gasteiger partial charge in [0.1, 0.15) is 0 Å². The predicted octanol–water partition coefficient (Wildman–Crippen LogP) is 6.09. The summed E-state index contributed by atoms with van der Waals surface area (Å²) in [6.45, 7) is 14.0. The lowest BCUT2D eigenvalue weighted by atomic mass is 9.91. The molecule has 0 atom stereocenters. The van der Waals surface area contributed by atoms with Crippen LogP contribution in [0.3, 0.4) is 0 Å². The number of rotatable bonds is 0. The summed E-state index contributed by atoms with van der Waals surface area (Å²) in [6.07, 6.45) is 10.3. The summed E-state index contributed by atoms with van der Waals surface area (Å²) < 4.78 is 0. The summed E-state index contributed by atoms with van der Waals surface area (Å²) in [4.78, 5) is 14.2. The van der Waals surface area contributed by atoms with Crippen molar-refractivity contribution in [2.45, 2.75) is 72.8 Å². The number of aliphatic imine (C=N–C) groups is 2. The molecule has 0 aliphatic carbocycles. The van der Waals surface area contributed by atoms with E-state index in [1.807, 2.05) is 13.0 Å². The van der Waals surface area contributed by atoms with Gasteiger partial charge in [-0.3, -0.25) is 4.90 Å². The summed E-state index contributed by atoms with van der Waals surface area (Å²) in [6, 6.07) is 8.42. The van der Waals surface area contributed by atoms with E-state index in [1.54, 1.807) is 0 Å². The molecule has 0 aromatic heterocycles. The van der Waals surface area contributed by atoms with E-state index in [0.717, 1.165) is 42.5 Å². The van der Waals surface area contributed by atoms with Crippen molar-refractivity contribution in [1.82, 2.24) is 9.80 Å². The molecule has 0 spiro atoms. The standard InChI is InChI=1S/C29H45N5/c1-22(2)27-18-23(3)24(4)31-29(30)32-28-12-9-11-26(19-28)20-34-16-13-25(14-17-34)10-7-6-8-15-33(5)21-27/h9,11-12,18-19,25H,6-8,10,13-17,20-21H2,1-5H3,(H2,30,32)/b23-18+,31-24+. The summed E-state index contributed by atoms with van der Waals surface area (Å²) in [5.41, 5.74) is 13.1. The first-order valence-electron chi connectivity index (χ1n) is 13.0. The molecule has 1 aromatic rings. The van der Waals surface area contributed by atoms with Crippen LogP contribution in [0.15, 0.2) is 57.0 Å². The maximum atomic E-state index is 6.23. The second kappa shape index (κ2) is 13.0. The lowest BCUT2D eigenvalue weighted by molar-refractivity contribution is 0.170. The lowest BCUT2D eigenvalue weighted by Gasteiger charge is -2.32. The van der Waals surface area contributed by atoms with Gasteiger partial charge < -0.3 is 10.6 Å². The first-order chi connectivity index (χ1) is 16.3. The van der Waals surface area contributed by atoms with Crippen molar-refractivity contribution in [2.24, 2.45) is 21.6 Å². The molecule has 4 rings (SSSR count). The first kappa shape index (κ1) is 26.4. The number of piperidine rings is 1. The van der Waals surface area contributed by atoms with Crippen molar-refractivity contribution < 1.29 is 0 Å². The average molecular weight is 464 g/mol. The number of benzene rings is 1. The molecule has 4 bridgehead atoms. The Bertz CT molecular complexity index is 928. The fourth-order valence-corrected chi connectivity index (χ4v) is 4.91. The Balaban J connectivity index is 1.83. The molecular weight excluding hydrogens is 418 g/mol. The zero-order valence-corrected chi connectivity index (χ0v) is 22.1. The van der Waals surface area contributed by atoms with E-state index < -0.39 is 0 Å². The Labute approximate surface area is 207 Å². The molecule has 5 nitrogen and oxygen atoms in total. The second-order valence-electron chi connectivity index (χ2n) is 10.5. The summed E-state index contributed by atoms with van der Waals surface area (Å²) in [5.74, 6) is 1.20. The van der Waals surface area contributed by atoms with E-state index in [-0.39, 0.29) is 0 Å². The van der Waals surface area contributed by atoms with Gasteiger partial charge in [-0.05, 0) is 108 Å². The Morgan fingerprint density at radius 3 is 2.44 bits per heavy atom. The van der Waals surface area contributed by atoms with Crippen LogP contribution in [0, 0.1) is 5.92 Å². The van der Waals surface area contributed by atoms with E-state index in [2.05, 4.69) is 71.9 Å². The van der Waals surface area contributed by atoms with E-state index in [0.29, 0.717) is 5.96 Å². The van der Waals surface area contributed by atoms with E-state index in [4.69, 9.17) is 5.73 Å². The van der Waals surface area contributed by atoms with E-state index in [1.165, 1.54) is 68.3 Å². The van der Waals surface area contributed by atoms with Crippen LogP contribution in [0.2, 0.25) is 0 Å². The third-order valence-corrected chi connectivity index (χ3v) is 7.25. The number of nitrogens with two attached hydrogens (primary N) is 1. The highest BCUT2D eigenvalue weighted by Crippen LogP contribution is 2.25. The molecule has 2 N–H and O–H groups in total. The number of likely N-dealkylation sites (N-methyl/N-ethyl adjacent to an activating group) is 1. The third-order valence-electron chi connectivity index (χ3n) is 7.25. The van der Waals surface area contributed by atoms with Gasteiger partial charge in [0, 0.05) is 18.8 Å². The highest BCUT2D eigenvalue weighted by atomic mass is 15.1. The average Bonchev–Trinajstić information content (AvgIpc) is 2.79. The molecule has 0 radical (unpaired) electrons. The Hall–Kier alpha value is -2.24. The SMILES string of the molecule is CC(C)=C1/C=C(C)/C(C)=N/C(N)=Nc2cccc(c2)CN2CCC(CCCCCN(C)C1)CC2. The highest BCUT2D eigenvalue weighted by molar-refractivity contribution is 6.05. The van der Waals surface area contributed by atoms with Crippen molar-refractivity contribution in [1.29, 1.82) is 0 Å². The van der Waals surface area contributed by atoms with Crippen LogP contribution in [0.5, 0.6) is 0 Å². The zero-order chi connectivity index (χ0) is 24.5. The summed E-state index contributed by atoms with van der Waals surface area (Å²) in [5, 5.41) is 0. The molecule has 5 heteroatoms. The van der Waals surface area contributed by atoms with Crippen LogP contribution in [0.25, 0.3) is 0 Å². The lowest BCUT2D eigenvalue weighted by Crippen LogP contribution is -2.33. The monoisotopic (exact) mass is 463 g/mol. The van der Waals surface area contributed by atoms with Gasteiger partial charge in [0.2, 0.25) is 5.96 Å². The number of fused-ring (bicyclic) bond motifs is 12. The Morgan fingerprint density at radius 2 is 1.71 bits per heavy atom. The van der Waals surface area contributed by atoms with Crippen LogP contribution >= 0.6 is 0 Å².